The molecule has 0 aliphatic heterocycles. The minimum absolute atomic E-state index is 0.00250. The maximum Gasteiger partial charge on any atom is 0.251 e. The molecule has 81 heavy (non-hydrogen) atoms. The molecule has 0 unspecified atom stereocenters. The molecule has 0 aromatic heterocycles. The Kier molecular flexibility index (Phi) is 54.5. The number of ether oxygens (including phenoxy) is 3. The van der Waals surface area contributed by atoms with Gasteiger partial charge < -0.3 is 50.4 Å². The van der Waals surface area contributed by atoms with E-state index in [9.17, 15) is 30.0 Å². The summed E-state index contributed by atoms with van der Waals surface area (Å²) in [5.41, 5.74) is 0.330. The lowest BCUT2D eigenvalue weighted by Crippen LogP contribution is -2.52. The fraction of sp³-hybridized carbons (Fsp3) is 0.884. The number of rotatable bonds is 63. The van der Waals surface area contributed by atoms with Crippen molar-refractivity contribution in [1.82, 2.24) is 10.6 Å². The lowest BCUT2D eigenvalue weighted by molar-refractivity contribution is -0.148. The van der Waals surface area contributed by atoms with Crippen LogP contribution in [0.5, 0.6) is 17.2 Å². The molecule has 0 heterocycles. The van der Waals surface area contributed by atoms with E-state index in [-0.39, 0.29) is 13.1 Å². The van der Waals surface area contributed by atoms with Crippen molar-refractivity contribution < 1.29 is 49.3 Å². The first-order chi connectivity index (χ1) is 39.7. The van der Waals surface area contributed by atoms with Crippen LogP contribution >= 0.6 is 0 Å². The fourth-order valence-electron chi connectivity index (χ4n) is 10.8. The molecule has 0 spiro atoms. The molecule has 0 aliphatic rings. The summed E-state index contributed by atoms with van der Waals surface area (Å²) in [5, 5.41) is 54.4. The molecule has 7 N–H and O–H groups in total. The SMILES string of the molecule is CCCCCCCCCCCCCCCCCCOc1cc(C(=O)NCCNC(=O)[C@H](O)[C@H](O)[C@H](O)[C@H](O)CO)cc(OCCCCCCCCCCCCCCCCCC)c1OCCCCCCCCCCCCCCCCCC. The van der Waals surface area contributed by atoms with E-state index >= 15 is 0 Å². The van der Waals surface area contributed by atoms with Crippen molar-refractivity contribution in [2.75, 3.05) is 39.5 Å². The molecule has 12 nitrogen and oxygen atoms in total. The highest BCUT2D eigenvalue weighted by Gasteiger charge is 2.34. The largest absolute Gasteiger partial charge is 0.490 e. The Labute approximate surface area is 497 Å². The number of aliphatic hydroxyl groups is 5. The molecule has 1 aromatic carbocycles. The Morgan fingerprint density at radius 2 is 0.630 bits per heavy atom. The van der Waals surface area contributed by atoms with Crippen molar-refractivity contribution in [2.45, 2.75) is 353 Å². The van der Waals surface area contributed by atoms with E-state index in [0.29, 0.717) is 42.6 Å². The van der Waals surface area contributed by atoms with Crippen LogP contribution < -0.4 is 24.8 Å². The highest BCUT2D eigenvalue weighted by molar-refractivity contribution is 5.95. The number of aliphatic hydroxyl groups excluding tert-OH is 5. The van der Waals surface area contributed by atoms with Gasteiger partial charge in [-0.3, -0.25) is 9.59 Å². The molecule has 0 fully saturated rings. The summed E-state index contributed by atoms with van der Waals surface area (Å²) in [6.45, 7) is 7.38. The van der Waals surface area contributed by atoms with Crippen LogP contribution in [0.4, 0.5) is 0 Å². The lowest BCUT2D eigenvalue weighted by Gasteiger charge is -2.24. The summed E-state index contributed by atoms with van der Waals surface area (Å²) < 4.78 is 19.6. The molecular formula is C69H130N2O10. The molecule has 2 amide bonds. The number of benzene rings is 1. The Balaban J connectivity index is 2.91. The van der Waals surface area contributed by atoms with Crippen molar-refractivity contribution in [3.05, 3.63) is 17.7 Å². The molecule has 0 saturated carbocycles. The highest BCUT2D eigenvalue weighted by Crippen LogP contribution is 2.40. The molecule has 1 aromatic rings. The number of hydrogen-bond donors (Lipinski definition) is 7. The van der Waals surface area contributed by atoms with Crippen LogP contribution in [0.1, 0.15) is 339 Å². The summed E-state index contributed by atoms with van der Waals surface area (Å²) in [6, 6.07) is 3.44. The molecule has 0 bridgehead atoms. The van der Waals surface area contributed by atoms with Crippen molar-refractivity contribution in [2.24, 2.45) is 0 Å². The first kappa shape index (κ1) is 76.4. The average Bonchev–Trinajstić information content (AvgIpc) is 3.51. The number of amides is 2. The number of hydrogen-bond acceptors (Lipinski definition) is 10. The van der Waals surface area contributed by atoms with Gasteiger partial charge in [0.25, 0.3) is 11.8 Å². The Morgan fingerprint density at radius 1 is 0.370 bits per heavy atom. The van der Waals surface area contributed by atoms with Gasteiger partial charge >= 0.3 is 0 Å². The van der Waals surface area contributed by atoms with Crippen molar-refractivity contribution in [1.29, 1.82) is 0 Å². The van der Waals surface area contributed by atoms with Crippen LogP contribution in [0, 0.1) is 0 Å². The van der Waals surface area contributed by atoms with Gasteiger partial charge in [0.2, 0.25) is 5.75 Å². The van der Waals surface area contributed by atoms with Gasteiger partial charge in [0, 0.05) is 18.7 Å². The van der Waals surface area contributed by atoms with E-state index in [4.69, 9.17) is 19.3 Å². The Bertz CT molecular complexity index is 1470. The molecule has 1 rings (SSSR count). The van der Waals surface area contributed by atoms with E-state index in [2.05, 4.69) is 31.4 Å². The van der Waals surface area contributed by atoms with Gasteiger partial charge in [-0.05, 0) is 31.4 Å². The zero-order valence-corrected chi connectivity index (χ0v) is 52.9. The van der Waals surface area contributed by atoms with Crippen molar-refractivity contribution >= 4 is 11.8 Å². The predicted molar refractivity (Wildman–Crippen MR) is 338 cm³/mol. The molecule has 12 heteroatoms. The smallest absolute Gasteiger partial charge is 0.251 e. The number of nitrogens with one attached hydrogen (secondary N) is 2. The minimum Gasteiger partial charge on any atom is -0.490 e. The monoisotopic (exact) mass is 1150 g/mol. The zero-order valence-electron chi connectivity index (χ0n) is 52.9. The van der Waals surface area contributed by atoms with Crippen LogP contribution in [-0.2, 0) is 4.79 Å². The second kappa shape index (κ2) is 57.8. The summed E-state index contributed by atoms with van der Waals surface area (Å²) >= 11 is 0. The third kappa shape index (κ3) is 44.5. The van der Waals surface area contributed by atoms with Crippen molar-refractivity contribution in [3.63, 3.8) is 0 Å². The average molecular weight is 1150 g/mol. The topological polar surface area (TPSA) is 187 Å². The second-order valence-electron chi connectivity index (χ2n) is 24.0. The van der Waals surface area contributed by atoms with Gasteiger partial charge in [-0.25, -0.2) is 0 Å². The summed E-state index contributed by atoms with van der Waals surface area (Å²) in [7, 11) is 0. The van der Waals surface area contributed by atoms with Crippen LogP contribution in [0.15, 0.2) is 12.1 Å². The quantitative estimate of drug-likeness (QED) is 0.0310. The van der Waals surface area contributed by atoms with E-state index < -0.39 is 42.8 Å². The predicted octanol–water partition coefficient (Wildman–Crippen LogP) is 16.9. The van der Waals surface area contributed by atoms with Crippen LogP contribution in [0.3, 0.4) is 0 Å². The highest BCUT2D eigenvalue weighted by atomic mass is 16.5. The first-order valence-corrected chi connectivity index (χ1v) is 34.7. The molecular weight excluding hydrogens is 1020 g/mol. The second-order valence-corrected chi connectivity index (χ2v) is 24.0. The van der Waals surface area contributed by atoms with Crippen molar-refractivity contribution in [3.8, 4) is 17.2 Å². The van der Waals surface area contributed by atoms with Crippen LogP contribution in [0.2, 0.25) is 0 Å². The van der Waals surface area contributed by atoms with E-state index in [1.807, 2.05) is 0 Å². The van der Waals surface area contributed by atoms with Crippen LogP contribution in [-0.4, -0.2) is 101 Å². The first-order valence-electron chi connectivity index (χ1n) is 34.7. The molecule has 0 radical (unpaired) electrons. The Morgan fingerprint density at radius 3 is 0.914 bits per heavy atom. The number of carbonyl (C=O) groups is 2. The third-order valence-corrected chi connectivity index (χ3v) is 16.3. The number of unbranched alkanes of at least 4 members (excludes halogenated alkanes) is 45. The molecule has 0 aliphatic carbocycles. The minimum atomic E-state index is -2.06. The number of carbonyl (C=O) groups excluding carboxylic acids is 2. The van der Waals surface area contributed by atoms with Gasteiger partial charge in [0.1, 0.15) is 18.3 Å². The summed E-state index contributed by atoms with van der Waals surface area (Å²) in [6.07, 6.45) is 54.3. The van der Waals surface area contributed by atoms with Gasteiger partial charge in [-0.2, -0.15) is 0 Å². The van der Waals surface area contributed by atoms with E-state index in [1.54, 1.807) is 12.1 Å². The maximum atomic E-state index is 13.8. The van der Waals surface area contributed by atoms with Gasteiger partial charge in [0.15, 0.2) is 17.6 Å². The molecule has 0 saturated heterocycles. The fourth-order valence-corrected chi connectivity index (χ4v) is 10.8. The standard InChI is InChI=1S/C69H130N2O10/c1-4-7-10-13-16-19-22-25-28-31-34-37-40-43-46-49-54-79-62-57-60(68(77)70-52-53-71-69(78)66(76)65(75)64(74)61(73)59-72)58-63(80-55-50-47-44-41-38-35-32-29-26-23-20-17-14-11-8-5-2)67(62)81-56-51-48-45-42-39-36-33-30-27-24-21-18-15-12-9-6-3/h57-58,61,64-66,72-76H,4-56,59H2,1-3H3,(H,70,77)(H,71,78)/t61-,64-,65-,66-/m1/s1. The van der Waals surface area contributed by atoms with Gasteiger partial charge in [0.05, 0.1) is 26.4 Å². The lowest BCUT2D eigenvalue weighted by atomic mass is 10.0. The normalized spacial score (nSPS) is 13.0. The van der Waals surface area contributed by atoms with E-state index in [0.717, 1.165) is 51.4 Å². The Hall–Kier alpha value is -2.64. The maximum absolute atomic E-state index is 13.8. The van der Waals surface area contributed by atoms with E-state index in [1.165, 1.54) is 257 Å². The third-order valence-electron chi connectivity index (χ3n) is 16.3. The summed E-state index contributed by atoms with van der Waals surface area (Å²) in [5.74, 6) is 0.0950. The summed E-state index contributed by atoms with van der Waals surface area (Å²) in [4.78, 5) is 26.3. The van der Waals surface area contributed by atoms with Gasteiger partial charge in [-0.1, -0.05) is 310 Å². The molecule has 476 valence electrons. The zero-order chi connectivity index (χ0) is 58.9. The van der Waals surface area contributed by atoms with Gasteiger partial charge in [-0.15, -0.1) is 0 Å². The van der Waals surface area contributed by atoms with Crippen LogP contribution in [0.25, 0.3) is 0 Å². The molecule has 4 atom stereocenters.